The second-order valence-corrected chi connectivity index (χ2v) is 9.62. The third kappa shape index (κ3) is 6.66. The van der Waals surface area contributed by atoms with Gasteiger partial charge in [-0.15, -0.1) is 0 Å². The standard InChI is InChI=1S/C25H27N3O4S/c1-18-9-8-14-22(24(18)33(2,31)32)27-17-23(29)28-21-13-7-6-12-20(21)25(30)26-16-15-19-10-4-3-5-11-19/h3-14,27H,15-17H2,1-2H3,(H,26,30)(H,28,29). The summed E-state index contributed by atoms with van der Waals surface area (Å²) in [5.74, 6) is -0.687. The van der Waals surface area contributed by atoms with E-state index in [9.17, 15) is 18.0 Å². The zero-order valence-electron chi connectivity index (χ0n) is 18.6. The molecule has 7 nitrogen and oxygen atoms in total. The van der Waals surface area contributed by atoms with Crippen molar-refractivity contribution >= 4 is 33.0 Å². The number of benzene rings is 3. The highest BCUT2D eigenvalue weighted by atomic mass is 32.2. The summed E-state index contributed by atoms with van der Waals surface area (Å²) in [7, 11) is -3.47. The summed E-state index contributed by atoms with van der Waals surface area (Å²) in [5, 5.41) is 8.50. The molecule has 172 valence electrons. The zero-order valence-corrected chi connectivity index (χ0v) is 19.4. The Hall–Kier alpha value is -3.65. The summed E-state index contributed by atoms with van der Waals surface area (Å²) in [4.78, 5) is 25.4. The van der Waals surface area contributed by atoms with E-state index >= 15 is 0 Å². The summed E-state index contributed by atoms with van der Waals surface area (Å²) in [6, 6.07) is 21.6. The Labute approximate surface area is 194 Å². The van der Waals surface area contributed by atoms with Gasteiger partial charge in [-0.2, -0.15) is 0 Å². The lowest BCUT2D eigenvalue weighted by Gasteiger charge is -2.14. The first kappa shape index (κ1) is 24.0. The van der Waals surface area contributed by atoms with Crippen LogP contribution in [0.2, 0.25) is 0 Å². The van der Waals surface area contributed by atoms with Crippen molar-refractivity contribution in [1.82, 2.24) is 5.32 Å². The molecule has 3 N–H and O–H groups in total. The average Bonchev–Trinajstić information content (AvgIpc) is 2.78. The molecule has 0 saturated carbocycles. The number of anilines is 2. The third-order valence-corrected chi connectivity index (χ3v) is 6.29. The molecular weight excluding hydrogens is 438 g/mol. The van der Waals surface area contributed by atoms with Crippen LogP contribution in [-0.4, -0.2) is 39.6 Å². The molecule has 0 aliphatic heterocycles. The minimum absolute atomic E-state index is 0.157. The minimum atomic E-state index is -3.47. The van der Waals surface area contributed by atoms with E-state index in [1.165, 1.54) is 0 Å². The van der Waals surface area contributed by atoms with Crippen LogP contribution in [0.3, 0.4) is 0 Å². The molecule has 0 heterocycles. The van der Waals surface area contributed by atoms with Gasteiger partial charge in [-0.3, -0.25) is 9.59 Å². The van der Waals surface area contributed by atoms with Crippen LogP contribution in [0.15, 0.2) is 77.7 Å². The van der Waals surface area contributed by atoms with Gasteiger partial charge in [0.1, 0.15) is 0 Å². The Morgan fingerprint density at radius 2 is 1.52 bits per heavy atom. The normalized spacial score (nSPS) is 11.0. The van der Waals surface area contributed by atoms with Crippen LogP contribution in [0.1, 0.15) is 21.5 Å². The second kappa shape index (κ2) is 10.8. The Bertz CT molecular complexity index is 1240. The van der Waals surface area contributed by atoms with Crippen LogP contribution in [0.5, 0.6) is 0 Å². The van der Waals surface area contributed by atoms with Crippen molar-refractivity contribution in [2.75, 3.05) is 30.0 Å². The molecule has 0 radical (unpaired) electrons. The highest BCUT2D eigenvalue weighted by Crippen LogP contribution is 2.24. The van der Waals surface area contributed by atoms with Gasteiger partial charge in [-0.1, -0.05) is 54.6 Å². The molecule has 0 saturated heterocycles. The minimum Gasteiger partial charge on any atom is -0.375 e. The van der Waals surface area contributed by atoms with E-state index in [4.69, 9.17) is 0 Å². The van der Waals surface area contributed by atoms with Crippen LogP contribution >= 0.6 is 0 Å². The lowest BCUT2D eigenvalue weighted by molar-refractivity contribution is -0.114. The van der Waals surface area contributed by atoms with E-state index in [1.54, 1.807) is 49.4 Å². The van der Waals surface area contributed by atoms with Crippen molar-refractivity contribution in [2.45, 2.75) is 18.2 Å². The van der Waals surface area contributed by atoms with Gasteiger partial charge in [-0.05, 0) is 42.7 Å². The lowest BCUT2D eigenvalue weighted by Crippen LogP contribution is -2.28. The molecule has 0 aliphatic rings. The maximum Gasteiger partial charge on any atom is 0.253 e. The van der Waals surface area contributed by atoms with E-state index in [-0.39, 0.29) is 17.3 Å². The molecule has 3 aromatic rings. The van der Waals surface area contributed by atoms with Gasteiger partial charge in [0.05, 0.1) is 28.4 Å². The fourth-order valence-electron chi connectivity index (χ4n) is 3.50. The van der Waals surface area contributed by atoms with Gasteiger partial charge in [0.15, 0.2) is 9.84 Å². The lowest BCUT2D eigenvalue weighted by atomic mass is 10.1. The van der Waals surface area contributed by atoms with Gasteiger partial charge in [-0.25, -0.2) is 8.42 Å². The molecule has 3 rings (SSSR count). The van der Waals surface area contributed by atoms with Gasteiger partial charge >= 0.3 is 0 Å². The van der Waals surface area contributed by atoms with Crippen molar-refractivity contribution in [2.24, 2.45) is 0 Å². The van der Waals surface area contributed by atoms with Gasteiger partial charge < -0.3 is 16.0 Å². The smallest absolute Gasteiger partial charge is 0.253 e. The number of rotatable bonds is 9. The maximum absolute atomic E-state index is 12.7. The van der Waals surface area contributed by atoms with Crippen molar-refractivity contribution < 1.29 is 18.0 Å². The summed E-state index contributed by atoms with van der Waals surface area (Å²) in [6.45, 7) is 2.01. The molecule has 8 heteroatoms. The van der Waals surface area contributed by atoms with Crippen LogP contribution < -0.4 is 16.0 Å². The van der Waals surface area contributed by atoms with E-state index in [0.717, 1.165) is 11.8 Å². The molecular formula is C25H27N3O4S. The van der Waals surface area contributed by atoms with Crippen LogP contribution in [0, 0.1) is 6.92 Å². The Kier molecular flexibility index (Phi) is 7.84. The van der Waals surface area contributed by atoms with Gasteiger partial charge in [0, 0.05) is 12.8 Å². The van der Waals surface area contributed by atoms with Gasteiger partial charge in [0.2, 0.25) is 5.91 Å². The van der Waals surface area contributed by atoms with Crippen molar-refractivity contribution in [3.63, 3.8) is 0 Å². The van der Waals surface area contributed by atoms with E-state index < -0.39 is 15.7 Å². The summed E-state index contributed by atoms with van der Waals surface area (Å²) in [5.41, 5.74) is 2.82. The fraction of sp³-hybridized carbons (Fsp3) is 0.200. The van der Waals surface area contributed by atoms with Crippen molar-refractivity contribution in [1.29, 1.82) is 0 Å². The Balaban J connectivity index is 1.62. The number of carbonyl (C=O) groups is 2. The van der Waals surface area contributed by atoms with Crippen LogP contribution in [0.4, 0.5) is 11.4 Å². The maximum atomic E-state index is 12.7. The topological polar surface area (TPSA) is 104 Å². The van der Waals surface area contributed by atoms with Crippen molar-refractivity contribution in [3.05, 3.63) is 89.5 Å². The summed E-state index contributed by atoms with van der Waals surface area (Å²) < 4.78 is 24.2. The van der Waals surface area contributed by atoms with Crippen LogP contribution in [-0.2, 0) is 21.1 Å². The number of hydrogen-bond donors (Lipinski definition) is 3. The Morgan fingerprint density at radius 1 is 0.848 bits per heavy atom. The molecule has 0 fully saturated rings. The predicted octanol–water partition coefficient (Wildman–Crippen LogP) is 3.42. The number of aryl methyl sites for hydroxylation is 1. The molecule has 0 bridgehead atoms. The summed E-state index contributed by atoms with van der Waals surface area (Å²) >= 11 is 0. The molecule has 0 aromatic heterocycles. The van der Waals surface area contributed by atoms with E-state index in [1.807, 2.05) is 30.3 Å². The van der Waals surface area contributed by atoms with E-state index in [2.05, 4.69) is 16.0 Å². The molecule has 2 amide bonds. The first-order valence-corrected chi connectivity index (χ1v) is 12.4. The highest BCUT2D eigenvalue weighted by Gasteiger charge is 2.17. The molecule has 0 atom stereocenters. The van der Waals surface area contributed by atoms with Crippen LogP contribution in [0.25, 0.3) is 0 Å². The quantitative estimate of drug-likeness (QED) is 0.449. The number of amides is 2. The van der Waals surface area contributed by atoms with Gasteiger partial charge in [0.25, 0.3) is 5.91 Å². The zero-order chi connectivity index (χ0) is 23.8. The molecule has 0 unspecified atom stereocenters. The third-order valence-electron chi connectivity index (χ3n) is 5.01. The number of carbonyl (C=O) groups excluding carboxylic acids is 2. The Morgan fingerprint density at radius 3 is 2.24 bits per heavy atom. The first-order chi connectivity index (χ1) is 15.8. The second-order valence-electron chi connectivity index (χ2n) is 7.66. The summed E-state index contributed by atoms with van der Waals surface area (Å²) in [6.07, 6.45) is 1.83. The number of hydrogen-bond acceptors (Lipinski definition) is 5. The van der Waals surface area contributed by atoms with E-state index in [0.29, 0.717) is 35.5 Å². The number of para-hydroxylation sites is 1. The highest BCUT2D eigenvalue weighted by molar-refractivity contribution is 7.91. The SMILES string of the molecule is Cc1cccc(NCC(=O)Nc2ccccc2C(=O)NCCc2ccccc2)c1S(C)(=O)=O. The monoisotopic (exact) mass is 465 g/mol. The molecule has 3 aromatic carbocycles. The molecule has 0 spiro atoms. The number of sulfone groups is 1. The largest absolute Gasteiger partial charge is 0.375 e. The molecule has 0 aliphatic carbocycles. The van der Waals surface area contributed by atoms with Crippen molar-refractivity contribution in [3.8, 4) is 0 Å². The predicted molar refractivity (Wildman–Crippen MR) is 130 cm³/mol. The number of nitrogens with one attached hydrogen (secondary N) is 3. The first-order valence-electron chi connectivity index (χ1n) is 10.5. The molecule has 33 heavy (non-hydrogen) atoms. The average molecular weight is 466 g/mol. The fourth-order valence-corrected chi connectivity index (χ4v) is 4.70.